The first-order chi connectivity index (χ1) is 8.53. The number of aliphatic hydroxyl groups is 1. The summed E-state index contributed by atoms with van der Waals surface area (Å²) >= 11 is 4.65. The van der Waals surface area contributed by atoms with E-state index in [1.54, 1.807) is 19.9 Å². The van der Waals surface area contributed by atoms with Gasteiger partial charge in [0.2, 0.25) is 10.0 Å². The van der Waals surface area contributed by atoms with Gasteiger partial charge < -0.3 is 5.11 Å². The van der Waals surface area contributed by atoms with Crippen LogP contribution in [0.5, 0.6) is 0 Å². The first kappa shape index (κ1) is 17.1. The van der Waals surface area contributed by atoms with Gasteiger partial charge in [-0.3, -0.25) is 0 Å². The van der Waals surface area contributed by atoms with Crippen LogP contribution in [0.2, 0.25) is 0 Å². The van der Waals surface area contributed by atoms with E-state index in [9.17, 15) is 13.5 Å². The van der Waals surface area contributed by atoms with Gasteiger partial charge in [-0.25, -0.2) is 13.1 Å². The molecule has 1 heterocycles. The van der Waals surface area contributed by atoms with Gasteiger partial charge in [0.25, 0.3) is 0 Å². The van der Waals surface area contributed by atoms with E-state index < -0.39 is 15.6 Å². The topological polar surface area (TPSA) is 66.4 Å². The third-order valence-electron chi connectivity index (χ3n) is 2.62. The largest absolute Gasteiger partial charge is 0.389 e. The highest BCUT2D eigenvalue weighted by atomic mass is 79.9. The Balaban J connectivity index is 2.79. The monoisotopic (exact) mass is 369 g/mol. The van der Waals surface area contributed by atoms with Crippen molar-refractivity contribution < 1.29 is 13.5 Å². The Morgan fingerprint density at radius 3 is 2.53 bits per heavy atom. The van der Waals surface area contributed by atoms with Crippen molar-refractivity contribution in [2.75, 3.05) is 6.54 Å². The molecule has 2 N–H and O–H groups in total. The first-order valence-electron chi connectivity index (χ1n) is 6.01. The molecule has 0 aliphatic heterocycles. The summed E-state index contributed by atoms with van der Waals surface area (Å²) in [6.45, 7) is 7.40. The number of hydrogen-bond donors (Lipinski definition) is 2. The van der Waals surface area contributed by atoms with E-state index in [4.69, 9.17) is 0 Å². The molecular formula is C12H20BrNO3S2. The van der Waals surface area contributed by atoms with E-state index in [0.717, 1.165) is 8.66 Å². The number of sulfonamides is 1. The van der Waals surface area contributed by atoms with Crippen molar-refractivity contribution in [2.45, 2.75) is 44.6 Å². The molecule has 0 fully saturated rings. The average molecular weight is 370 g/mol. The third kappa shape index (κ3) is 5.15. The fourth-order valence-electron chi connectivity index (χ4n) is 1.98. The van der Waals surface area contributed by atoms with Crippen molar-refractivity contribution >= 4 is 37.3 Å². The lowest BCUT2D eigenvalue weighted by Crippen LogP contribution is -2.41. The van der Waals surface area contributed by atoms with Crippen LogP contribution in [-0.2, 0) is 10.0 Å². The molecule has 0 saturated heterocycles. The SMILES string of the molecule is Cc1sc(Br)cc1S(=O)(=O)NCC(C)(O)CC(C)C. The van der Waals surface area contributed by atoms with E-state index in [2.05, 4.69) is 20.7 Å². The zero-order valence-electron chi connectivity index (χ0n) is 11.5. The minimum absolute atomic E-state index is 0.0143. The fraction of sp³-hybridized carbons (Fsp3) is 0.667. The Labute approximate surface area is 127 Å². The molecule has 110 valence electrons. The fourth-order valence-corrected chi connectivity index (χ4v) is 5.55. The second kappa shape index (κ2) is 6.22. The first-order valence-corrected chi connectivity index (χ1v) is 9.11. The van der Waals surface area contributed by atoms with Crippen molar-refractivity contribution in [1.29, 1.82) is 0 Å². The molecule has 1 rings (SSSR count). The van der Waals surface area contributed by atoms with Gasteiger partial charge in [-0.05, 0) is 48.2 Å². The van der Waals surface area contributed by atoms with Crippen LogP contribution in [-0.4, -0.2) is 25.7 Å². The maximum absolute atomic E-state index is 12.2. The van der Waals surface area contributed by atoms with Gasteiger partial charge in [-0.1, -0.05) is 13.8 Å². The normalized spacial score (nSPS) is 15.7. The highest BCUT2D eigenvalue weighted by Gasteiger charge is 2.26. The van der Waals surface area contributed by atoms with E-state index in [1.165, 1.54) is 11.3 Å². The zero-order valence-corrected chi connectivity index (χ0v) is 14.7. The molecule has 0 aliphatic carbocycles. The Bertz CT molecular complexity index is 535. The molecule has 0 aliphatic rings. The Kier molecular flexibility index (Phi) is 5.60. The molecule has 1 unspecified atom stereocenters. The maximum atomic E-state index is 12.2. The van der Waals surface area contributed by atoms with Crippen molar-refractivity contribution in [3.63, 3.8) is 0 Å². The van der Waals surface area contributed by atoms with Crippen molar-refractivity contribution in [3.8, 4) is 0 Å². The van der Waals surface area contributed by atoms with E-state index in [0.29, 0.717) is 12.3 Å². The summed E-state index contributed by atoms with van der Waals surface area (Å²) in [7, 11) is -3.57. The summed E-state index contributed by atoms with van der Waals surface area (Å²) in [5, 5.41) is 10.1. The van der Waals surface area contributed by atoms with Crippen LogP contribution in [0, 0.1) is 12.8 Å². The lowest BCUT2D eigenvalue weighted by Gasteiger charge is -2.25. The van der Waals surface area contributed by atoms with Gasteiger partial charge in [-0.15, -0.1) is 11.3 Å². The second-order valence-electron chi connectivity index (χ2n) is 5.39. The smallest absolute Gasteiger partial charge is 0.241 e. The predicted molar refractivity (Wildman–Crippen MR) is 82.0 cm³/mol. The number of nitrogens with one attached hydrogen (secondary N) is 1. The zero-order chi connectivity index (χ0) is 14.8. The summed E-state index contributed by atoms with van der Waals surface area (Å²) < 4.78 is 27.6. The van der Waals surface area contributed by atoms with E-state index >= 15 is 0 Å². The van der Waals surface area contributed by atoms with Crippen molar-refractivity contribution in [1.82, 2.24) is 4.72 Å². The number of aryl methyl sites for hydroxylation is 1. The average Bonchev–Trinajstić information content (AvgIpc) is 2.54. The number of rotatable bonds is 6. The Morgan fingerprint density at radius 1 is 1.53 bits per heavy atom. The number of halogens is 1. The molecule has 0 spiro atoms. The quantitative estimate of drug-likeness (QED) is 0.809. The van der Waals surface area contributed by atoms with Gasteiger partial charge in [0, 0.05) is 11.4 Å². The van der Waals surface area contributed by atoms with E-state index in [-0.39, 0.29) is 11.4 Å². The summed E-state index contributed by atoms with van der Waals surface area (Å²) in [5.74, 6) is 0.302. The van der Waals surface area contributed by atoms with Crippen LogP contribution in [0.25, 0.3) is 0 Å². The summed E-state index contributed by atoms with van der Waals surface area (Å²) in [4.78, 5) is 0.993. The molecule has 0 aromatic carbocycles. The van der Waals surface area contributed by atoms with Crippen molar-refractivity contribution in [3.05, 3.63) is 14.7 Å². The summed E-state index contributed by atoms with van der Waals surface area (Å²) in [6, 6.07) is 1.58. The second-order valence-corrected chi connectivity index (χ2v) is 9.76. The molecule has 0 radical (unpaired) electrons. The standard InChI is InChI=1S/C12H20BrNO3S2/c1-8(2)6-12(4,15)7-14-19(16,17)10-5-11(13)18-9(10)3/h5,8,14-15H,6-7H2,1-4H3. The maximum Gasteiger partial charge on any atom is 0.241 e. The predicted octanol–water partition coefficient (Wildman–Crippen LogP) is 2.89. The molecule has 19 heavy (non-hydrogen) atoms. The molecule has 7 heteroatoms. The number of hydrogen-bond acceptors (Lipinski definition) is 4. The van der Waals surface area contributed by atoms with Crippen LogP contribution < -0.4 is 4.72 Å². The lowest BCUT2D eigenvalue weighted by atomic mass is 9.95. The molecule has 4 nitrogen and oxygen atoms in total. The summed E-state index contributed by atoms with van der Waals surface area (Å²) in [5.41, 5.74) is -1.04. The van der Waals surface area contributed by atoms with Crippen LogP contribution >= 0.6 is 27.3 Å². The van der Waals surface area contributed by atoms with Gasteiger partial charge in [-0.2, -0.15) is 0 Å². The minimum Gasteiger partial charge on any atom is -0.389 e. The van der Waals surface area contributed by atoms with Gasteiger partial charge in [0.05, 0.1) is 14.3 Å². The molecule has 1 aromatic rings. The molecular weight excluding hydrogens is 350 g/mol. The highest BCUT2D eigenvalue weighted by Crippen LogP contribution is 2.29. The lowest BCUT2D eigenvalue weighted by molar-refractivity contribution is 0.0437. The van der Waals surface area contributed by atoms with Crippen LogP contribution in [0.1, 0.15) is 32.1 Å². The molecule has 1 atom stereocenters. The molecule has 0 bridgehead atoms. The van der Waals surface area contributed by atoms with Crippen LogP contribution in [0.4, 0.5) is 0 Å². The van der Waals surface area contributed by atoms with Crippen molar-refractivity contribution in [2.24, 2.45) is 5.92 Å². The van der Waals surface area contributed by atoms with Gasteiger partial charge in [0.15, 0.2) is 0 Å². The highest BCUT2D eigenvalue weighted by molar-refractivity contribution is 9.11. The van der Waals surface area contributed by atoms with E-state index in [1.807, 2.05) is 13.8 Å². The number of thiophene rings is 1. The molecule has 0 saturated carbocycles. The van der Waals surface area contributed by atoms with Gasteiger partial charge >= 0.3 is 0 Å². The Morgan fingerprint density at radius 2 is 2.11 bits per heavy atom. The Hall–Kier alpha value is 0.0500. The summed E-state index contributed by atoms with van der Waals surface area (Å²) in [6.07, 6.45) is 0.543. The molecule has 0 amide bonds. The molecule has 1 aromatic heterocycles. The van der Waals surface area contributed by atoms with Crippen LogP contribution in [0.3, 0.4) is 0 Å². The van der Waals surface area contributed by atoms with Crippen LogP contribution in [0.15, 0.2) is 14.7 Å². The van der Waals surface area contributed by atoms with Gasteiger partial charge in [0.1, 0.15) is 0 Å². The minimum atomic E-state index is -3.57. The third-order valence-corrected chi connectivity index (χ3v) is 5.83.